The van der Waals surface area contributed by atoms with Crippen molar-refractivity contribution in [2.75, 3.05) is 5.32 Å². The molecular formula is C19H20FNO2. The molecule has 2 aromatic carbocycles. The molecular weight excluding hydrogens is 293 g/mol. The highest BCUT2D eigenvalue weighted by molar-refractivity contribution is 5.94. The van der Waals surface area contributed by atoms with Crippen LogP contribution in [0.5, 0.6) is 5.75 Å². The van der Waals surface area contributed by atoms with Gasteiger partial charge in [0.25, 0.3) is 5.91 Å². The molecule has 0 spiro atoms. The van der Waals surface area contributed by atoms with Crippen molar-refractivity contribution in [3.63, 3.8) is 0 Å². The van der Waals surface area contributed by atoms with Crippen LogP contribution >= 0.6 is 0 Å². The second-order valence-electron chi connectivity index (χ2n) is 6.00. The molecule has 23 heavy (non-hydrogen) atoms. The van der Waals surface area contributed by atoms with Crippen molar-refractivity contribution in [1.82, 2.24) is 0 Å². The van der Waals surface area contributed by atoms with Crippen LogP contribution < -0.4 is 10.1 Å². The quantitative estimate of drug-likeness (QED) is 0.925. The molecule has 3 nitrogen and oxygen atoms in total. The number of anilines is 1. The van der Waals surface area contributed by atoms with Crippen molar-refractivity contribution in [2.45, 2.75) is 39.2 Å². The standard InChI is InChI=1S/C19H20FNO2/c1-12-6-8-16(11-18(12)20)21-19(22)13(2)23-17-9-7-14-4-3-5-15(14)10-17/h6-11,13H,3-5H2,1-2H3,(H,21,22)/t13-/m1/s1. The number of ether oxygens (including phenoxy) is 1. The number of hydrogen-bond donors (Lipinski definition) is 1. The van der Waals surface area contributed by atoms with Gasteiger partial charge < -0.3 is 10.1 Å². The number of benzene rings is 2. The van der Waals surface area contributed by atoms with Crippen molar-refractivity contribution in [3.8, 4) is 5.75 Å². The van der Waals surface area contributed by atoms with Crippen LogP contribution in [0.25, 0.3) is 0 Å². The van der Waals surface area contributed by atoms with Gasteiger partial charge in [-0.05, 0) is 74.1 Å². The Labute approximate surface area is 135 Å². The number of aryl methyl sites for hydroxylation is 3. The minimum absolute atomic E-state index is 0.297. The Kier molecular flexibility index (Phi) is 4.33. The monoisotopic (exact) mass is 313 g/mol. The highest BCUT2D eigenvalue weighted by atomic mass is 19.1. The third kappa shape index (κ3) is 3.52. The van der Waals surface area contributed by atoms with Crippen LogP contribution in [-0.2, 0) is 17.6 Å². The Morgan fingerprint density at radius 3 is 2.74 bits per heavy atom. The lowest BCUT2D eigenvalue weighted by Gasteiger charge is -2.15. The van der Waals surface area contributed by atoms with E-state index < -0.39 is 6.10 Å². The van der Waals surface area contributed by atoms with Gasteiger partial charge in [0.15, 0.2) is 6.10 Å². The number of amides is 1. The van der Waals surface area contributed by atoms with Crippen molar-refractivity contribution in [2.24, 2.45) is 0 Å². The average molecular weight is 313 g/mol. The highest BCUT2D eigenvalue weighted by Gasteiger charge is 2.17. The Morgan fingerprint density at radius 2 is 1.96 bits per heavy atom. The zero-order valence-corrected chi connectivity index (χ0v) is 13.4. The van der Waals surface area contributed by atoms with E-state index in [0.717, 1.165) is 12.8 Å². The van der Waals surface area contributed by atoms with Crippen LogP contribution in [0.4, 0.5) is 10.1 Å². The van der Waals surface area contributed by atoms with Gasteiger partial charge in [0.2, 0.25) is 0 Å². The summed E-state index contributed by atoms with van der Waals surface area (Å²) in [5.74, 6) is 0.0622. The molecule has 0 unspecified atom stereocenters. The Bertz CT molecular complexity index is 742. The van der Waals surface area contributed by atoms with E-state index in [1.54, 1.807) is 26.0 Å². The van der Waals surface area contributed by atoms with E-state index >= 15 is 0 Å². The first-order valence-electron chi connectivity index (χ1n) is 7.88. The van der Waals surface area contributed by atoms with Gasteiger partial charge in [-0.3, -0.25) is 4.79 Å². The number of hydrogen-bond acceptors (Lipinski definition) is 2. The summed E-state index contributed by atoms with van der Waals surface area (Å²) in [5, 5.41) is 2.68. The summed E-state index contributed by atoms with van der Waals surface area (Å²) < 4.78 is 19.2. The number of halogens is 1. The molecule has 2 aromatic rings. The normalized spacial score (nSPS) is 14.2. The van der Waals surface area contributed by atoms with E-state index in [4.69, 9.17) is 4.74 Å². The van der Waals surface area contributed by atoms with Crippen molar-refractivity contribution < 1.29 is 13.9 Å². The highest BCUT2D eigenvalue weighted by Crippen LogP contribution is 2.26. The summed E-state index contributed by atoms with van der Waals surface area (Å²) in [7, 11) is 0. The molecule has 0 bridgehead atoms. The molecule has 0 radical (unpaired) electrons. The fraction of sp³-hybridized carbons (Fsp3) is 0.316. The summed E-state index contributed by atoms with van der Waals surface area (Å²) in [6.07, 6.45) is 2.70. The number of rotatable bonds is 4. The lowest BCUT2D eigenvalue weighted by atomic mass is 10.1. The summed E-state index contributed by atoms with van der Waals surface area (Å²) in [5.41, 5.74) is 3.65. The predicted octanol–water partition coefficient (Wildman–Crippen LogP) is 4.03. The smallest absolute Gasteiger partial charge is 0.265 e. The molecule has 1 N–H and O–H groups in total. The number of fused-ring (bicyclic) bond motifs is 1. The van der Waals surface area contributed by atoms with Crippen LogP contribution in [0, 0.1) is 12.7 Å². The van der Waals surface area contributed by atoms with Gasteiger partial charge in [0.05, 0.1) is 0 Å². The topological polar surface area (TPSA) is 38.3 Å². The van der Waals surface area contributed by atoms with Gasteiger partial charge in [0, 0.05) is 5.69 Å². The van der Waals surface area contributed by atoms with E-state index in [1.807, 2.05) is 12.1 Å². The molecule has 1 aliphatic rings. The molecule has 0 saturated heterocycles. The van der Waals surface area contributed by atoms with Crippen LogP contribution in [0.15, 0.2) is 36.4 Å². The van der Waals surface area contributed by atoms with Crippen LogP contribution in [-0.4, -0.2) is 12.0 Å². The maximum absolute atomic E-state index is 13.5. The van der Waals surface area contributed by atoms with Gasteiger partial charge in [-0.25, -0.2) is 4.39 Å². The second-order valence-corrected chi connectivity index (χ2v) is 6.00. The lowest BCUT2D eigenvalue weighted by Crippen LogP contribution is -2.30. The van der Waals surface area contributed by atoms with Crippen molar-refractivity contribution in [1.29, 1.82) is 0 Å². The van der Waals surface area contributed by atoms with Gasteiger partial charge in [-0.1, -0.05) is 12.1 Å². The first-order valence-corrected chi connectivity index (χ1v) is 7.88. The Morgan fingerprint density at radius 1 is 1.17 bits per heavy atom. The molecule has 1 aliphatic carbocycles. The van der Waals surface area contributed by atoms with Crippen LogP contribution in [0.3, 0.4) is 0 Å². The fourth-order valence-corrected chi connectivity index (χ4v) is 2.79. The second kappa shape index (κ2) is 6.41. The van der Waals surface area contributed by atoms with Crippen LogP contribution in [0.1, 0.15) is 30.0 Å². The molecule has 1 atom stereocenters. The fourth-order valence-electron chi connectivity index (χ4n) is 2.79. The SMILES string of the molecule is Cc1ccc(NC(=O)[C@@H](C)Oc2ccc3c(c2)CCC3)cc1F. The summed E-state index contributed by atoms with van der Waals surface area (Å²) in [4.78, 5) is 12.2. The van der Waals surface area contributed by atoms with E-state index in [9.17, 15) is 9.18 Å². The zero-order valence-electron chi connectivity index (χ0n) is 13.4. The molecule has 4 heteroatoms. The first-order chi connectivity index (χ1) is 11.0. The van der Waals surface area contributed by atoms with Crippen molar-refractivity contribution in [3.05, 3.63) is 58.9 Å². The Balaban J connectivity index is 1.64. The van der Waals surface area contributed by atoms with Gasteiger partial charge in [0.1, 0.15) is 11.6 Å². The Hall–Kier alpha value is -2.36. The van der Waals surface area contributed by atoms with E-state index in [2.05, 4.69) is 11.4 Å². The largest absolute Gasteiger partial charge is 0.481 e. The number of carbonyl (C=O) groups is 1. The average Bonchev–Trinajstić information content (AvgIpc) is 2.98. The van der Waals surface area contributed by atoms with Gasteiger partial charge in [-0.2, -0.15) is 0 Å². The van der Waals surface area contributed by atoms with Crippen LogP contribution in [0.2, 0.25) is 0 Å². The zero-order chi connectivity index (χ0) is 16.4. The molecule has 3 rings (SSSR count). The lowest BCUT2D eigenvalue weighted by molar-refractivity contribution is -0.122. The number of carbonyl (C=O) groups excluding carboxylic acids is 1. The molecule has 0 heterocycles. The minimum Gasteiger partial charge on any atom is -0.481 e. The molecule has 0 aromatic heterocycles. The first kappa shape index (κ1) is 15.5. The minimum atomic E-state index is -0.654. The molecule has 0 fully saturated rings. The maximum Gasteiger partial charge on any atom is 0.265 e. The third-order valence-electron chi connectivity index (χ3n) is 4.19. The predicted molar refractivity (Wildman–Crippen MR) is 88.3 cm³/mol. The summed E-state index contributed by atoms with van der Waals surface area (Å²) >= 11 is 0. The molecule has 0 saturated carbocycles. The molecule has 0 aliphatic heterocycles. The maximum atomic E-state index is 13.5. The van der Waals surface area contributed by atoms with Gasteiger partial charge >= 0.3 is 0 Å². The molecule has 1 amide bonds. The van der Waals surface area contributed by atoms with E-state index in [1.165, 1.54) is 23.6 Å². The summed E-state index contributed by atoms with van der Waals surface area (Å²) in [6.45, 7) is 3.37. The van der Waals surface area contributed by atoms with E-state index in [0.29, 0.717) is 17.0 Å². The number of nitrogens with one attached hydrogen (secondary N) is 1. The summed E-state index contributed by atoms with van der Waals surface area (Å²) in [6, 6.07) is 10.6. The third-order valence-corrected chi connectivity index (χ3v) is 4.19. The molecule has 120 valence electrons. The van der Waals surface area contributed by atoms with Gasteiger partial charge in [-0.15, -0.1) is 0 Å². The van der Waals surface area contributed by atoms with E-state index in [-0.39, 0.29) is 11.7 Å². The van der Waals surface area contributed by atoms with Crippen molar-refractivity contribution >= 4 is 11.6 Å².